The van der Waals surface area contributed by atoms with Crippen molar-refractivity contribution in [1.82, 2.24) is 4.31 Å². The number of ether oxygens (including phenoxy) is 1. The van der Waals surface area contributed by atoms with Gasteiger partial charge in [0.25, 0.3) is 0 Å². The van der Waals surface area contributed by atoms with E-state index in [0.717, 1.165) is 23.5 Å². The summed E-state index contributed by atoms with van der Waals surface area (Å²) in [5, 5.41) is 0. The highest BCUT2D eigenvalue weighted by molar-refractivity contribution is 7.89. The monoisotopic (exact) mass is 352 g/mol. The van der Waals surface area contributed by atoms with Gasteiger partial charge in [0.05, 0.1) is 23.1 Å². The van der Waals surface area contributed by atoms with E-state index in [1.807, 2.05) is 0 Å². The van der Waals surface area contributed by atoms with Crippen molar-refractivity contribution < 1.29 is 31.1 Å². The Hall–Kier alpha value is -1.65. The number of halogens is 3. The lowest BCUT2D eigenvalue weighted by Crippen LogP contribution is -2.32. The van der Waals surface area contributed by atoms with Crippen LogP contribution in [-0.2, 0) is 20.9 Å². The lowest BCUT2D eigenvalue weighted by atomic mass is 10.1. The Morgan fingerprint density at radius 2 is 2.04 bits per heavy atom. The average molecular weight is 352 g/mol. The molecule has 1 aromatic carbocycles. The summed E-state index contributed by atoms with van der Waals surface area (Å²) >= 11 is 0. The zero-order valence-electron chi connectivity index (χ0n) is 12.1. The zero-order valence-corrected chi connectivity index (χ0v) is 12.9. The molecule has 1 saturated heterocycles. The molecule has 0 aromatic heterocycles. The lowest BCUT2D eigenvalue weighted by molar-refractivity contribution is -0.138. The van der Waals surface area contributed by atoms with Crippen LogP contribution in [0.2, 0.25) is 0 Å². The largest absolute Gasteiger partial charge is 0.465 e. The summed E-state index contributed by atoms with van der Waals surface area (Å²) in [6.07, 6.45) is -4.46. The van der Waals surface area contributed by atoms with Crippen LogP contribution in [0.25, 0.3) is 0 Å². The van der Waals surface area contributed by atoms with Gasteiger partial charge in [-0.05, 0) is 24.6 Å². The maximum Gasteiger partial charge on any atom is 0.417 e. The van der Waals surface area contributed by atoms with Crippen LogP contribution in [0.3, 0.4) is 0 Å². The summed E-state index contributed by atoms with van der Waals surface area (Å²) in [4.78, 5) is 10.9. The number of esters is 1. The normalized spacial score (nSPS) is 19.8. The maximum absolute atomic E-state index is 13.1. The molecule has 0 spiro atoms. The summed E-state index contributed by atoms with van der Waals surface area (Å²) in [6, 6.07) is 1.87. The number of nitrogens with two attached hydrogens (primary N) is 1. The smallest absolute Gasteiger partial charge is 0.417 e. The predicted molar refractivity (Wildman–Crippen MR) is 74.1 cm³/mol. The van der Waals surface area contributed by atoms with Gasteiger partial charge < -0.3 is 10.5 Å². The van der Waals surface area contributed by atoms with Crippen LogP contribution < -0.4 is 5.73 Å². The van der Waals surface area contributed by atoms with Gasteiger partial charge in [0.15, 0.2) is 0 Å². The average Bonchev–Trinajstić information content (AvgIpc) is 2.92. The van der Waals surface area contributed by atoms with Gasteiger partial charge in [-0.1, -0.05) is 0 Å². The molecule has 2 N–H and O–H groups in total. The number of carbonyl (C=O) groups excluding carboxylic acids is 1. The van der Waals surface area contributed by atoms with Crippen molar-refractivity contribution in [3.63, 3.8) is 0 Å². The Kier molecular flexibility index (Phi) is 4.69. The Morgan fingerprint density at radius 1 is 1.39 bits per heavy atom. The van der Waals surface area contributed by atoms with Gasteiger partial charge in [0.2, 0.25) is 10.0 Å². The van der Waals surface area contributed by atoms with Gasteiger partial charge in [0, 0.05) is 19.1 Å². The standard InChI is InChI=1S/C13H15F3N2O4S/c1-22-12(19)10-3-2-9(6-11(10)13(14,15)16)23(20,21)18-5-4-8(17)7-18/h2-3,6,8H,4-5,7,17H2,1H3/t8-/m0/s1. The molecule has 0 aliphatic carbocycles. The Morgan fingerprint density at radius 3 is 2.52 bits per heavy atom. The second kappa shape index (κ2) is 6.10. The molecular weight excluding hydrogens is 337 g/mol. The fraction of sp³-hybridized carbons (Fsp3) is 0.462. The number of alkyl halides is 3. The molecule has 6 nitrogen and oxygen atoms in total. The lowest BCUT2D eigenvalue weighted by Gasteiger charge is -2.18. The van der Waals surface area contributed by atoms with Gasteiger partial charge in [-0.15, -0.1) is 0 Å². The van der Waals surface area contributed by atoms with Crippen molar-refractivity contribution in [3.8, 4) is 0 Å². The molecule has 0 radical (unpaired) electrons. The van der Waals surface area contributed by atoms with Crippen LogP contribution in [0, 0.1) is 0 Å². The Labute approximate surface area is 131 Å². The molecule has 23 heavy (non-hydrogen) atoms. The predicted octanol–water partition coefficient (Wildman–Crippen LogP) is 1.21. The molecule has 2 rings (SSSR count). The van der Waals surface area contributed by atoms with E-state index >= 15 is 0 Å². The van der Waals surface area contributed by atoms with Gasteiger partial charge in [-0.3, -0.25) is 0 Å². The van der Waals surface area contributed by atoms with E-state index in [2.05, 4.69) is 4.74 Å². The van der Waals surface area contributed by atoms with Gasteiger partial charge in [-0.25, -0.2) is 13.2 Å². The molecule has 1 aromatic rings. The van der Waals surface area contributed by atoms with Crippen LogP contribution in [0.1, 0.15) is 22.3 Å². The molecule has 0 unspecified atom stereocenters. The topological polar surface area (TPSA) is 89.7 Å². The third-order valence-electron chi connectivity index (χ3n) is 3.53. The van der Waals surface area contributed by atoms with Crippen molar-refractivity contribution in [3.05, 3.63) is 29.3 Å². The summed E-state index contributed by atoms with van der Waals surface area (Å²) < 4.78 is 69.5. The number of sulfonamides is 1. The van der Waals surface area contributed by atoms with Gasteiger partial charge in [-0.2, -0.15) is 17.5 Å². The summed E-state index contributed by atoms with van der Waals surface area (Å²) in [6.45, 7) is 0.187. The summed E-state index contributed by atoms with van der Waals surface area (Å²) in [5.41, 5.74) is 3.54. The third kappa shape index (κ3) is 3.48. The molecule has 1 aliphatic heterocycles. The van der Waals surface area contributed by atoms with Gasteiger partial charge >= 0.3 is 12.1 Å². The minimum absolute atomic E-state index is 0.0441. The fourth-order valence-corrected chi connectivity index (χ4v) is 3.87. The molecule has 1 fully saturated rings. The Balaban J connectivity index is 2.51. The first-order chi connectivity index (χ1) is 10.6. The van der Waals surface area contributed by atoms with E-state index < -0.39 is 38.2 Å². The molecule has 0 saturated carbocycles. The summed E-state index contributed by atoms with van der Waals surface area (Å²) in [7, 11) is -3.16. The van der Waals surface area contributed by atoms with Crippen molar-refractivity contribution in [2.24, 2.45) is 5.73 Å². The van der Waals surface area contributed by atoms with Gasteiger partial charge in [0.1, 0.15) is 0 Å². The van der Waals surface area contributed by atoms with E-state index in [4.69, 9.17) is 5.73 Å². The fourth-order valence-electron chi connectivity index (χ4n) is 2.33. The van der Waals surface area contributed by atoms with Crippen LogP contribution in [0.15, 0.2) is 23.1 Å². The van der Waals surface area contributed by atoms with Crippen LogP contribution in [-0.4, -0.2) is 44.9 Å². The van der Waals surface area contributed by atoms with E-state index in [9.17, 15) is 26.4 Å². The Bertz CT molecular complexity index is 718. The maximum atomic E-state index is 13.1. The highest BCUT2D eigenvalue weighted by Gasteiger charge is 2.38. The number of carbonyl (C=O) groups is 1. The SMILES string of the molecule is COC(=O)c1ccc(S(=O)(=O)N2CC[C@H](N)C2)cc1C(F)(F)F. The number of hydrogen-bond donors (Lipinski definition) is 1. The number of benzene rings is 1. The van der Waals surface area contributed by atoms with Crippen LogP contribution >= 0.6 is 0 Å². The molecule has 1 aliphatic rings. The first-order valence-corrected chi connectivity index (χ1v) is 8.06. The highest BCUT2D eigenvalue weighted by Crippen LogP contribution is 2.34. The molecule has 0 bridgehead atoms. The third-order valence-corrected chi connectivity index (χ3v) is 5.39. The molecule has 0 amide bonds. The second-order valence-corrected chi connectivity index (χ2v) is 7.05. The van der Waals surface area contributed by atoms with Crippen molar-refractivity contribution in [2.75, 3.05) is 20.2 Å². The molecule has 10 heteroatoms. The molecular formula is C13H15F3N2O4S. The van der Waals surface area contributed by atoms with Crippen LogP contribution in [0.5, 0.6) is 0 Å². The number of rotatable bonds is 3. The van der Waals surface area contributed by atoms with E-state index in [1.54, 1.807) is 0 Å². The minimum Gasteiger partial charge on any atom is -0.465 e. The van der Waals surface area contributed by atoms with E-state index in [-0.39, 0.29) is 19.1 Å². The first kappa shape index (κ1) is 17.7. The zero-order chi connectivity index (χ0) is 17.4. The van der Waals surface area contributed by atoms with E-state index in [1.165, 1.54) is 0 Å². The number of methoxy groups -OCH3 is 1. The van der Waals surface area contributed by atoms with Crippen molar-refractivity contribution >= 4 is 16.0 Å². The quantitative estimate of drug-likeness (QED) is 0.826. The van der Waals surface area contributed by atoms with E-state index in [0.29, 0.717) is 12.5 Å². The van der Waals surface area contributed by atoms with Crippen LogP contribution in [0.4, 0.5) is 13.2 Å². The van der Waals surface area contributed by atoms with Crippen molar-refractivity contribution in [1.29, 1.82) is 0 Å². The number of nitrogens with zero attached hydrogens (tertiary/aromatic N) is 1. The summed E-state index contributed by atoms with van der Waals surface area (Å²) in [5.74, 6) is -1.19. The first-order valence-electron chi connectivity index (χ1n) is 6.62. The number of hydrogen-bond acceptors (Lipinski definition) is 5. The molecule has 1 heterocycles. The second-order valence-electron chi connectivity index (χ2n) is 5.11. The molecule has 128 valence electrons. The molecule has 1 atom stereocenters. The highest BCUT2D eigenvalue weighted by atomic mass is 32.2. The van der Waals surface area contributed by atoms with Crippen molar-refractivity contribution in [2.45, 2.75) is 23.5 Å². The minimum atomic E-state index is -4.89.